The predicted octanol–water partition coefficient (Wildman–Crippen LogP) is 2.78. The van der Waals surface area contributed by atoms with Crippen molar-refractivity contribution in [2.75, 3.05) is 18.2 Å². The van der Waals surface area contributed by atoms with Crippen LogP contribution in [0.25, 0.3) is 0 Å². The first-order valence-corrected chi connectivity index (χ1v) is 9.65. The Labute approximate surface area is 159 Å². The van der Waals surface area contributed by atoms with Crippen LogP contribution in [0.4, 0.5) is 5.69 Å². The topological polar surface area (TPSA) is 85.0 Å². The van der Waals surface area contributed by atoms with Gasteiger partial charge >= 0.3 is 5.72 Å². The van der Waals surface area contributed by atoms with Gasteiger partial charge in [-0.15, -0.1) is 11.8 Å². The lowest BCUT2D eigenvalue weighted by Gasteiger charge is -2.28. The zero-order valence-electron chi connectivity index (χ0n) is 14.6. The van der Waals surface area contributed by atoms with Gasteiger partial charge < -0.3 is 9.64 Å². The molecule has 3 atom stereocenters. The van der Waals surface area contributed by atoms with Crippen molar-refractivity contribution in [3.63, 3.8) is 0 Å². The van der Waals surface area contributed by atoms with Crippen molar-refractivity contribution < 1.29 is 14.5 Å². The third-order valence-electron chi connectivity index (χ3n) is 5.66. The van der Waals surface area contributed by atoms with Crippen LogP contribution in [-0.4, -0.2) is 34.9 Å². The van der Waals surface area contributed by atoms with Crippen molar-refractivity contribution >= 4 is 28.4 Å². The molecule has 0 radical (unpaired) electrons. The molecule has 3 aliphatic rings. The number of para-hydroxylation sites is 2. The summed E-state index contributed by atoms with van der Waals surface area (Å²) in [7, 11) is 1.68. The van der Waals surface area contributed by atoms with Crippen LogP contribution in [0.3, 0.4) is 0 Å². The number of carbonyl (C=O) groups is 1. The second-order valence-corrected chi connectivity index (χ2v) is 7.59. The van der Waals surface area contributed by atoms with E-state index in [-0.39, 0.29) is 11.0 Å². The van der Waals surface area contributed by atoms with Gasteiger partial charge in [-0.05, 0) is 18.4 Å². The highest BCUT2D eigenvalue weighted by Gasteiger charge is 2.78. The molecule has 8 heteroatoms. The molecule has 2 aromatic rings. The average Bonchev–Trinajstić information content (AvgIpc) is 3.25. The van der Waals surface area contributed by atoms with Gasteiger partial charge in [-0.25, -0.2) is 4.99 Å². The van der Waals surface area contributed by atoms with Crippen molar-refractivity contribution in [2.24, 2.45) is 4.99 Å². The Morgan fingerprint density at radius 2 is 1.93 bits per heavy atom. The minimum absolute atomic E-state index is 0.215. The third-order valence-corrected chi connectivity index (χ3v) is 6.43. The molecule has 7 nitrogen and oxygen atoms in total. The van der Waals surface area contributed by atoms with Gasteiger partial charge in [-0.2, -0.15) is 0 Å². The highest BCUT2D eigenvalue weighted by molar-refractivity contribution is 8.13. The number of amides is 1. The molecule has 0 aromatic heterocycles. The number of ether oxygens (including phenoxy) is 1. The highest BCUT2D eigenvalue weighted by Crippen LogP contribution is 2.64. The number of nitrogens with zero attached hydrogens (tertiary/aromatic N) is 3. The molecule has 3 heterocycles. The van der Waals surface area contributed by atoms with Gasteiger partial charge in [0.05, 0.1) is 4.92 Å². The molecule has 0 unspecified atom stereocenters. The molecule has 27 heavy (non-hydrogen) atoms. The van der Waals surface area contributed by atoms with E-state index in [0.717, 1.165) is 17.4 Å². The molecule has 0 saturated heterocycles. The maximum atomic E-state index is 13.5. The summed E-state index contributed by atoms with van der Waals surface area (Å²) in [6.45, 7) is 0. The molecule has 136 valence electrons. The first-order chi connectivity index (χ1) is 13.0. The normalized spacial score (nSPS) is 30.0. The second kappa shape index (κ2) is 5.10. The zero-order valence-corrected chi connectivity index (χ0v) is 15.4. The molecular formula is C19H15N3O4S. The van der Waals surface area contributed by atoms with E-state index in [2.05, 4.69) is 0 Å². The Morgan fingerprint density at radius 1 is 1.22 bits per heavy atom. The first kappa shape index (κ1) is 16.3. The Balaban J connectivity index is 1.89. The quantitative estimate of drug-likeness (QED) is 0.560. The van der Waals surface area contributed by atoms with E-state index in [1.807, 2.05) is 24.3 Å². The van der Waals surface area contributed by atoms with Crippen LogP contribution >= 0.6 is 11.8 Å². The van der Waals surface area contributed by atoms with E-state index >= 15 is 0 Å². The summed E-state index contributed by atoms with van der Waals surface area (Å²) in [5.74, 6) is -0.707. The van der Waals surface area contributed by atoms with E-state index in [1.165, 1.54) is 4.90 Å². The molecule has 0 N–H and O–H groups in total. The minimum atomic E-state index is -1.89. The van der Waals surface area contributed by atoms with Crippen molar-refractivity contribution in [1.29, 1.82) is 0 Å². The molecular weight excluding hydrogens is 366 g/mol. The van der Waals surface area contributed by atoms with Crippen LogP contribution in [0, 0.1) is 10.1 Å². The summed E-state index contributed by atoms with van der Waals surface area (Å²) >= 11 is 1.16. The SMILES string of the molecule is CSC1=N[C@@]2(C(=O)N(C)c3ccccc32)[C@@H]2c3ccccc3O[C@]12[N+](=O)[O-]. The van der Waals surface area contributed by atoms with E-state index in [4.69, 9.17) is 9.73 Å². The van der Waals surface area contributed by atoms with Crippen molar-refractivity contribution in [2.45, 2.75) is 17.2 Å². The summed E-state index contributed by atoms with van der Waals surface area (Å²) in [4.78, 5) is 31.7. The van der Waals surface area contributed by atoms with Gasteiger partial charge in [0.2, 0.25) is 0 Å². The third kappa shape index (κ3) is 1.65. The number of nitro groups is 1. The number of carbonyl (C=O) groups excluding carboxylic acids is 1. The summed E-state index contributed by atoms with van der Waals surface area (Å²) in [5.41, 5.74) is -1.26. The molecule has 1 spiro atoms. The number of anilines is 1. The summed E-state index contributed by atoms with van der Waals surface area (Å²) in [6.07, 6.45) is 1.72. The van der Waals surface area contributed by atoms with E-state index in [9.17, 15) is 14.9 Å². The lowest BCUT2D eigenvalue weighted by atomic mass is 9.74. The predicted molar refractivity (Wildman–Crippen MR) is 102 cm³/mol. The fourth-order valence-electron chi connectivity index (χ4n) is 4.60. The van der Waals surface area contributed by atoms with E-state index in [1.54, 1.807) is 37.6 Å². The molecule has 1 amide bonds. The number of likely N-dealkylation sites (N-methyl/N-ethyl adjacent to an activating group) is 1. The second-order valence-electron chi connectivity index (χ2n) is 6.80. The Kier molecular flexibility index (Phi) is 3.08. The Morgan fingerprint density at radius 3 is 2.67 bits per heavy atom. The summed E-state index contributed by atoms with van der Waals surface area (Å²) in [6, 6.07) is 14.4. The number of hydrogen-bond acceptors (Lipinski definition) is 6. The van der Waals surface area contributed by atoms with Gasteiger partial charge in [-0.1, -0.05) is 36.4 Å². The van der Waals surface area contributed by atoms with Crippen LogP contribution < -0.4 is 9.64 Å². The zero-order chi connectivity index (χ0) is 19.0. The molecule has 0 bridgehead atoms. The molecule has 3 aliphatic heterocycles. The van der Waals surface area contributed by atoms with Crippen LogP contribution in [0.5, 0.6) is 5.75 Å². The van der Waals surface area contributed by atoms with Gasteiger partial charge in [0, 0.05) is 23.9 Å². The van der Waals surface area contributed by atoms with Gasteiger partial charge in [0.15, 0.2) is 10.6 Å². The number of aliphatic imine (C=N–C) groups is 1. The van der Waals surface area contributed by atoms with Crippen LogP contribution in [0.15, 0.2) is 53.5 Å². The lowest BCUT2D eigenvalue weighted by Crippen LogP contribution is -2.54. The lowest BCUT2D eigenvalue weighted by molar-refractivity contribution is -0.590. The smallest absolute Gasteiger partial charge is 0.422 e. The van der Waals surface area contributed by atoms with Crippen LogP contribution in [0.2, 0.25) is 0 Å². The number of rotatable bonds is 1. The molecule has 0 fully saturated rings. The standard InChI is InChI=1S/C19H15N3O4S/c1-21-13-9-5-4-8-12(13)18(17(21)23)15-11-7-3-6-10-14(11)26-19(15,22(24)25)16(20-18)27-2/h3-10,15H,1-2H3/t15-,18+,19-/m0/s1. The Hall–Kier alpha value is -2.87. The van der Waals surface area contributed by atoms with Crippen molar-refractivity contribution in [3.8, 4) is 5.75 Å². The largest absolute Gasteiger partial charge is 0.422 e. The summed E-state index contributed by atoms with van der Waals surface area (Å²) in [5, 5.41) is 12.6. The number of thioether (sulfide) groups is 1. The van der Waals surface area contributed by atoms with E-state index in [0.29, 0.717) is 16.9 Å². The number of benzene rings is 2. The first-order valence-electron chi connectivity index (χ1n) is 8.43. The van der Waals surface area contributed by atoms with Gasteiger partial charge in [0.25, 0.3) is 5.91 Å². The van der Waals surface area contributed by atoms with Gasteiger partial charge in [0.1, 0.15) is 11.7 Å². The van der Waals surface area contributed by atoms with Crippen LogP contribution in [0.1, 0.15) is 17.0 Å². The number of fused-ring (bicyclic) bond motifs is 6. The Bertz CT molecular complexity index is 1050. The van der Waals surface area contributed by atoms with Crippen molar-refractivity contribution in [3.05, 3.63) is 69.8 Å². The summed E-state index contributed by atoms with van der Waals surface area (Å²) < 4.78 is 5.95. The maximum absolute atomic E-state index is 13.5. The molecule has 0 aliphatic carbocycles. The highest BCUT2D eigenvalue weighted by atomic mass is 32.2. The molecule has 2 aromatic carbocycles. The van der Waals surface area contributed by atoms with Gasteiger partial charge in [-0.3, -0.25) is 14.9 Å². The van der Waals surface area contributed by atoms with Crippen molar-refractivity contribution in [1.82, 2.24) is 0 Å². The van der Waals surface area contributed by atoms with Crippen LogP contribution in [-0.2, 0) is 10.3 Å². The molecule has 5 rings (SSSR count). The molecule has 0 saturated carbocycles. The van der Waals surface area contributed by atoms with E-state index < -0.39 is 22.1 Å². The maximum Gasteiger partial charge on any atom is 0.422 e. The fraction of sp³-hybridized carbons (Fsp3) is 0.263. The monoisotopic (exact) mass is 381 g/mol. The fourth-order valence-corrected chi connectivity index (χ4v) is 5.36. The average molecular weight is 381 g/mol. The number of hydrogen-bond donors (Lipinski definition) is 0. The minimum Gasteiger partial charge on any atom is -0.422 e.